The molecule has 112 valence electrons. The first-order valence-electron chi connectivity index (χ1n) is 7.05. The van der Waals surface area contributed by atoms with Gasteiger partial charge in [-0.15, -0.1) is 11.3 Å². The monoisotopic (exact) mass is 311 g/mol. The number of rotatable bonds is 4. The van der Waals surface area contributed by atoms with Crippen molar-refractivity contribution in [2.24, 2.45) is 7.05 Å². The van der Waals surface area contributed by atoms with Gasteiger partial charge in [-0.25, -0.2) is 4.98 Å². The van der Waals surface area contributed by atoms with Crippen LogP contribution in [0.25, 0.3) is 17.1 Å². The Labute approximate surface area is 133 Å². The van der Waals surface area contributed by atoms with Crippen LogP contribution >= 0.6 is 11.3 Å². The van der Waals surface area contributed by atoms with E-state index >= 15 is 0 Å². The largest absolute Gasteiger partial charge is 0.345 e. The predicted molar refractivity (Wildman–Crippen MR) is 90.7 cm³/mol. The zero-order chi connectivity index (χ0) is 15.5. The fourth-order valence-corrected chi connectivity index (χ4v) is 3.10. The Bertz CT molecular complexity index is 845. The summed E-state index contributed by atoms with van der Waals surface area (Å²) in [5.41, 5.74) is 3.19. The average Bonchev–Trinajstić information content (AvgIpc) is 3.07. The van der Waals surface area contributed by atoms with Crippen molar-refractivity contribution < 1.29 is 4.79 Å². The van der Waals surface area contributed by atoms with Gasteiger partial charge in [-0.3, -0.25) is 4.79 Å². The van der Waals surface area contributed by atoms with Crippen LogP contribution in [0.5, 0.6) is 0 Å². The molecule has 1 N–H and O–H groups in total. The van der Waals surface area contributed by atoms with Crippen LogP contribution in [0.4, 0.5) is 0 Å². The van der Waals surface area contributed by atoms with Gasteiger partial charge >= 0.3 is 0 Å². The third-order valence-electron chi connectivity index (χ3n) is 3.59. The molecule has 0 unspecified atom stereocenters. The lowest BCUT2D eigenvalue weighted by Gasteiger charge is -2.03. The molecule has 0 spiro atoms. The van der Waals surface area contributed by atoms with E-state index in [4.69, 9.17) is 0 Å². The number of imidazole rings is 1. The smallest absolute Gasteiger partial charge is 0.244 e. The maximum Gasteiger partial charge on any atom is 0.244 e. The number of amides is 1. The van der Waals surface area contributed by atoms with Gasteiger partial charge in [-0.1, -0.05) is 12.1 Å². The van der Waals surface area contributed by atoms with E-state index in [0.717, 1.165) is 21.7 Å². The van der Waals surface area contributed by atoms with E-state index in [9.17, 15) is 4.79 Å². The van der Waals surface area contributed by atoms with Crippen LogP contribution in [0.1, 0.15) is 16.3 Å². The number of hydrogen-bond donors (Lipinski definition) is 1. The molecule has 22 heavy (non-hydrogen) atoms. The zero-order valence-corrected chi connectivity index (χ0v) is 13.4. The van der Waals surface area contributed by atoms with Crippen LogP contribution in [-0.2, 0) is 18.4 Å². The number of aromatic nitrogens is 2. The standard InChI is InChI=1S/C17H17N3OS/c1-12-9-10-22-15(12)7-8-17(21)18-11-16-19-13-5-3-4-6-14(13)20(16)2/h3-10H,11H2,1-2H3,(H,18,21). The molecule has 0 aliphatic rings. The Kier molecular flexibility index (Phi) is 4.06. The number of carbonyl (C=O) groups is 1. The molecule has 4 nitrogen and oxygen atoms in total. The molecule has 0 aliphatic heterocycles. The van der Waals surface area contributed by atoms with Crippen LogP contribution in [0.15, 0.2) is 41.8 Å². The Morgan fingerprint density at radius 1 is 1.36 bits per heavy atom. The van der Waals surface area contributed by atoms with Gasteiger partial charge in [-0.05, 0) is 42.1 Å². The summed E-state index contributed by atoms with van der Waals surface area (Å²) in [5, 5.41) is 4.90. The van der Waals surface area contributed by atoms with Crippen molar-refractivity contribution in [1.29, 1.82) is 0 Å². The summed E-state index contributed by atoms with van der Waals surface area (Å²) in [6, 6.07) is 9.98. The molecule has 1 amide bonds. The van der Waals surface area contributed by atoms with Crippen LogP contribution in [-0.4, -0.2) is 15.5 Å². The Hall–Kier alpha value is -2.40. The minimum Gasteiger partial charge on any atom is -0.345 e. The number of fused-ring (bicyclic) bond motifs is 1. The van der Waals surface area contributed by atoms with E-state index in [1.54, 1.807) is 17.4 Å². The van der Waals surface area contributed by atoms with E-state index in [1.165, 1.54) is 5.56 Å². The van der Waals surface area contributed by atoms with Crippen LogP contribution < -0.4 is 5.32 Å². The van der Waals surface area contributed by atoms with Crippen LogP contribution in [0.2, 0.25) is 0 Å². The van der Waals surface area contributed by atoms with Crippen molar-refractivity contribution in [2.45, 2.75) is 13.5 Å². The summed E-state index contributed by atoms with van der Waals surface area (Å²) in [6.45, 7) is 2.45. The summed E-state index contributed by atoms with van der Waals surface area (Å²) in [7, 11) is 1.96. The van der Waals surface area contributed by atoms with Crippen LogP contribution in [0.3, 0.4) is 0 Å². The minimum atomic E-state index is -0.111. The molecule has 1 aromatic carbocycles. The minimum absolute atomic E-state index is 0.111. The molecule has 3 aromatic rings. The molecule has 2 heterocycles. The van der Waals surface area contributed by atoms with Crippen molar-refractivity contribution in [3.63, 3.8) is 0 Å². The molecule has 3 rings (SSSR count). The van der Waals surface area contributed by atoms with Crippen molar-refractivity contribution in [2.75, 3.05) is 0 Å². The molecule has 0 saturated carbocycles. The van der Waals surface area contributed by atoms with Gasteiger partial charge in [-0.2, -0.15) is 0 Å². The highest BCUT2D eigenvalue weighted by atomic mass is 32.1. The highest BCUT2D eigenvalue weighted by molar-refractivity contribution is 7.11. The molecule has 0 radical (unpaired) electrons. The average molecular weight is 311 g/mol. The number of carbonyl (C=O) groups excluding carboxylic acids is 1. The van der Waals surface area contributed by atoms with Crippen LogP contribution in [0, 0.1) is 6.92 Å². The van der Waals surface area contributed by atoms with E-state index in [1.807, 2.05) is 60.3 Å². The van der Waals surface area contributed by atoms with Gasteiger partial charge in [0.1, 0.15) is 5.82 Å². The van der Waals surface area contributed by atoms with Gasteiger partial charge in [0.05, 0.1) is 17.6 Å². The lowest BCUT2D eigenvalue weighted by molar-refractivity contribution is -0.116. The van der Waals surface area contributed by atoms with Gasteiger partial charge in [0, 0.05) is 18.0 Å². The van der Waals surface area contributed by atoms with Gasteiger partial charge < -0.3 is 9.88 Å². The third-order valence-corrected chi connectivity index (χ3v) is 4.57. The first-order chi connectivity index (χ1) is 10.6. The number of para-hydroxylation sites is 2. The maximum atomic E-state index is 11.9. The molecule has 0 atom stereocenters. The number of nitrogens with one attached hydrogen (secondary N) is 1. The Balaban J connectivity index is 1.66. The van der Waals surface area contributed by atoms with Crippen molar-refractivity contribution in [1.82, 2.24) is 14.9 Å². The number of nitrogens with zero attached hydrogens (tertiary/aromatic N) is 2. The van der Waals surface area contributed by atoms with Gasteiger partial charge in [0.25, 0.3) is 0 Å². The molecule has 5 heteroatoms. The summed E-state index contributed by atoms with van der Waals surface area (Å²) in [6.07, 6.45) is 3.42. The first-order valence-corrected chi connectivity index (χ1v) is 7.93. The SMILES string of the molecule is Cc1ccsc1C=CC(=O)NCc1nc2ccccc2n1C. The van der Waals surface area contributed by atoms with Crippen molar-refractivity contribution in [3.05, 3.63) is 58.1 Å². The van der Waals surface area contributed by atoms with E-state index < -0.39 is 0 Å². The topological polar surface area (TPSA) is 46.9 Å². The molecule has 0 aliphatic carbocycles. The third kappa shape index (κ3) is 2.94. The second-order valence-corrected chi connectivity index (χ2v) is 6.04. The quantitative estimate of drug-likeness (QED) is 0.752. The zero-order valence-electron chi connectivity index (χ0n) is 12.5. The highest BCUT2D eigenvalue weighted by Crippen LogP contribution is 2.17. The Morgan fingerprint density at radius 2 is 2.18 bits per heavy atom. The summed E-state index contributed by atoms with van der Waals surface area (Å²) >= 11 is 1.63. The molecular weight excluding hydrogens is 294 g/mol. The summed E-state index contributed by atoms with van der Waals surface area (Å²) < 4.78 is 2.00. The number of thiophene rings is 1. The normalized spacial score (nSPS) is 11.4. The number of benzene rings is 1. The second-order valence-electron chi connectivity index (χ2n) is 5.09. The molecule has 0 saturated heterocycles. The summed E-state index contributed by atoms with van der Waals surface area (Å²) in [4.78, 5) is 17.6. The molecule has 0 fully saturated rings. The van der Waals surface area contributed by atoms with Gasteiger partial charge in [0.15, 0.2) is 0 Å². The summed E-state index contributed by atoms with van der Waals surface area (Å²) in [5.74, 6) is 0.732. The molecule has 0 bridgehead atoms. The van der Waals surface area contributed by atoms with E-state index in [2.05, 4.69) is 10.3 Å². The van der Waals surface area contributed by atoms with Crippen molar-refractivity contribution >= 4 is 34.4 Å². The highest BCUT2D eigenvalue weighted by Gasteiger charge is 2.07. The fourth-order valence-electron chi connectivity index (χ4n) is 2.29. The van der Waals surface area contributed by atoms with Gasteiger partial charge in [0.2, 0.25) is 5.91 Å². The lowest BCUT2D eigenvalue weighted by atomic mass is 10.3. The number of hydrogen-bond acceptors (Lipinski definition) is 3. The van der Waals surface area contributed by atoms with E-state index in [0.29, 0.717) is 6.54 Å². The predicted octanol–water partition coefficient (Wildman–Crippen LogP) is 3.27. The van der Waals surface area contributed by atoms with Crippen molar-refractivity contribution in [3.8, 4) is 0 Å². The fraction of sp³-hybridized carbons (Fsp3) is 0.176. The molecular formula is C17H17N3OS. The second kappa shape index (κ2) is 6.15. The maximum absolute atomic E-state index is 11.9. The number of aryl methyl sites for hydroxylation is 2. The molecule has 2 aromatic heterocycles. The van der Waals surface area contributed by atoms with E-state index in [-0.39, 0.29) is 5.91 Å². The first kappa shape index (κ1) is 14.5. The Morgan fingerprint density at radius 3 is 2.91 bits per heavy atom. The lowest BCUT2D eigenvalue weighted by Crippen LogP contribution is -2.22.